The number of rotatable bonds is 39. The lowest BCUT2D eigenvalue weighted by Gasteiger charge is -2.06. The van der Waals surface area contributed by atoms with Crippen molar-refractivity contribution in [2.75, 3.05) is 11.5 Å². The molecule has 4 aliphatic rings. The zero-order valence-electron chi connectivity index (χ0n) is 37.8. The molecular formula is C50H82S10. The molecule has 0 radical (unpaired) electrons. The van der Waals surface area contributed by atoms with E-state index >= 15 is 0 Å². The van der Waals surface area contributed by atoms with Crippen LogP contribution in [0.25, 0.3) is 0 Å². The Morgan fingerprint density at radius 1 is 0.300 bits per heavy atom. The van der Waals surface area contributed by atoms with Gasteiger partial charge in [0.15, 0.2) is 0 Å². The van der Waals surface area contributed by atoms with Gasteiger partial charge in [0.05, 0.1) is 25.4 Å². The van der Waals surface area contributed by atoms with Gasteiger partial charge in [-0.2, -0.15) is 0 Å². The molecule has 0 aromatic carbocycles. The number of hydrogen-bond donors (Lipinski definition) is 0. The summed E-state index contributed by atoms with van der Waals surface area (Å²) in [5.41, 5.74) is 0. The van der Waals surface area contributed by atoms with E-state index in [-0.39, 0.29) is 0 Å². The average Bonchev–Trinajstić information content (AvgIpc) is 4.11. The molecule has 0 fully saturated rings. The van der Waals surface area contributed by atoms with Crippen molar-refractivity contribution in [3.05, 3.63) is 56.9 Å². The Morgan fingerprint density at radius 3 is 0.883 bits per heavy atom. The summed E-state index contributed by atoms with van der Waals surface area (Å²) >= 11 is 20.2. The van der Waals surface area contributed by atoms with Gasteiger partial charge in [-0.25, -0.2) is 0 Å². The van der Waals surface area contributed by atoms with E-state index in [1.54, 1.807) is 9.81 Å². The van der Waals surface area contributed by atoms with Gasteiger partial charge in [-0.15, -0.1) is 23.5 Å². The molecule has 4 aliphatic heterocycles. The summed E-state index contributed by atoms with van der Waals surface area (Å²) in [7, 11) is 0. The van der Waals surface area contributed by atoms with E-state index in [1.807, 2.05) is 70.6 Å². The first-order valence-corrected chi connectivity index (χ1v) is 33.4. The largest absolute Gasteiger partial charge is 0.118 e. The molecule has 342 valence electrons. The van der Waals surface area contributed by atoms with E-state index in [1.165, 1.54) is 255 Å². The first-order valence-electron chi connectivity index (χ1n) is 24.7. The minimum atomic E-state index is 1.24. The molecule has 0 atom stereocenters. The van der Waals surface area contributed by atoms with Crippen molar-refractivity contribution in [3.63, 3.8) is 0 Å². The van der Waals surface area contributed by atoms with Gasteiger partial charge in [-0.1, -0.05) is 288 Å². The lowest BCUT2D eigenvalue weighted by Crippen LogP contribution is -1.84. The molecule has 4 rings (SSSR count). The van der Waals surface area contributed by atoms with Crippen LogP contribution in [0, 0.1) is 0 Å². The Labute approximate surface area is 414 Å². The highest BCUT2D eigenvalue weighted by atomic mass is 32.2. The fourth-order valence-electron chi connectivity index (χ4n) is 7.65. The van der Waals surface area contributed by atoms with Crippen molar-refractivity contribution < 1.29 is 0 Å². The van der Waals surface area contributed by atoms with Crippen molar-refractivity contribution in [1.82, 2.24) is 0 Å². The summed E-state index contributed by atoms with van der Waals surface area (Å²) in [6.07, 6.45) is 48.4. The molecule has 0 unspecified atom stereocenters. The highest BCUT2D eigenvalue weighted by Crippen LogP contribution is 2.59. The van der Waals surface area contributed by atoms with E-state index in [2.05, 4.69) is 82.5 Å². The molecule has 0 saturated heterocycles. The van der Waals surface area contributed by atoms with Crippen LogP contribution in [0.1, 0.15) is 232 Å². The second kappa shape index (κ2) is 38.0. The van der Waals surface area contributed by atoms with Gasteiger partial charge >= 0.3 is 0 Å². The standard InChI is InChI=1S/C50H82S10/c1-3-5-7-9-11-13-15-17-19-21-23-25-27-29-31-35-43-39-53-47(57-43)49-55-41-45(59-49)51-37-33-34-38-52-46-42-56-50(60-46)48-54-40-44(58-48)36-32-30-28-26-24-22-20-18-16-14-12-10-8-6-4-2/h39-42H,3-38H2,1-2H3/b49-47-,50-48-. The summed E-state index contributed by atoms with van der Waals surface area (Å²) < 4.78 is 9.11. The number of unbranched alkanes of at least 4 members (excludes halogenated alkanes) is 29. The highest BCUT2D eigenvalue weighted by molar-refractivity contribution is 8.38. The molecule has 0 spiro atoms. The van der Waals surface area contributed by atoms with Gasteiger partial charge in [-0.05, 0) is 81.5 Å². The molecule has 0 aliphatic carbocycles. The van der Waals surface area contributed by atoms with Crippen molar-refractivity contribution in [3.8, 4) is 0 Å². The molecular weight excluding hydrogens is 921 g/mol. The van der Waals surface area contributed by atoms with E-state index in [0.717, 1.165) is 0 Å². The zero-order chi connectivity index (χ0) is 42.0. The minimum absolute atomic E-state index is 1.24. The van der Waals surface area contributed by atoms with E-state index < -0.39 is 0 Å². The molecule has 0 nitrogen and oxygen atoms in total. The molecule has 0 aromatic rings. The molecule has 4 heterocycles. The quantitative estimate of drug-likeness (QED) is 0.0544. The van der Waals surface area contributed by atoms with Crippen LogP contribution in [0.15, 0.2) is 56.9 Å². The number of thioether (sulfide) groups is 10. The molecule has 0 amide bonds. The first kappa shape index (κ1) is 54.5. The van der Waals surface area contributed by atoms with Gasteiger partial charge in [0.2, 0.25) is 0 Å². The Morgan fingerprint density at radius 2 is 0.567 bits per heavy atom. The topological polar surface area (TPSA) is 0 Å². The molecule has 60 heavy (non-hydrogen) atoms. The SMILES string of the molecule is CCCCCCCCCCCCCCCCCC1=CS/C(=C2\SC=C(SCCCCSC3=CS/C(=C4\SC=C(CCCCCCCCCCCCCCCCC)S4)S3)S2)S1. The summed E-state index contributed by atoms with van der Waals surface area (Å²) in [4.78, 5) is 3.20. The Kier molecular flexibility index (Phi) is 34.5. The Hall–Kier alpha value is 1.94. The summed E-state index contributed by atoms with van der Waals surface area (Å²) in [6, 6.07) is 0. The van der Waals surface area contributed by atoms with Crippen molar-refractivity contribution in [2.24, 2.45) is 0 Å². The molecule has 0 aromatic heterocycles. The van der Waals surface area contributed by atoms with Gasteiger partial charge in [0.25, 0.3) is 0 Å². The second-order valence-electron chi connectivity index (χ2n) is 16.9. The number of hydrogen-bond acceptors (Lipinski definition) is 10. The summed E-state index contributed by atoms with van der Waals surface area (Å²) in [5.74, 6) is 2.48. The van der Waals surface area contributed by atoms with Gasteiger partial charge in [0, 0.05) is 0 Å². The molecule has 0 bridgehead atoms. The predicted molar refractivity (Wildman–Crippen MR) is 300 cm³/mol. The maximum absolute atomic E-state index is 2.44. The summed E-state index contributed by atoms with van der Waals surface area (Å²) in [6.45, 7) is 4.62. The van der Waals surface area contributed by atoms with Crippen LogP contribution in [0.4, 0.5) is 0 Å². The third kappa shape index (κ3) is 26.3. The third-order valence-corrected chi connectivity index (χ3v) is 25.0. The normalized spacial score (nSPS) is 19.2. The van der Waals surface area contributed by atoms with Crippen LogP contribution in [0.3, 0.4) is 0 Å². The maximum atomic E-state index is 2.44. The molecule has 0 N–H and O–H groups in total. The fraction of sp³-hybridized carbons (Fsp3) is 0.760. The first-order chi connectivity index (χ1) is 29.7. The monoisotopic (exact) mass is 1000 g/mol. The lowest BCUT2D eigenvalue weighted by atomic mass is 10.0. The predicted octanol–water partition coefficient (Wildman–Crippen LogP) is 23.2. The molecule has 0 saturated carbocycles. The van der Waals surface area contributed by atoms with Crippen LogP contribution in [-0.4, -0.2) is 11.5 Å². The maximum Gasteiger partial charge on any atom is 0.0705 e. The second-order valence-corrected chi connectivity index (χ2v) is 28.6. The third-order valence-electron chi connectivity index (χ3n) is 11.4. The van der Waals surface area contributed by atoms with Crippen molar-refractivity contribution in [2.45, 2.75) is 232 Å². The average molecular weight is 1000 g/mol. The van der Waals surface area contributed by atoms with Crippen LogP contribution < -0.4 is 0 Å². The highest BCUT2D eigenvalue weighted by Gasteiger charge is 2.23. The van der Waals surface area contributed by atoms with Crippen LogP contribution in [0.2, 0.25) is 0 Å². The van der Waals surface area contributed by atoms with Gasteiger partial charge in [0.1, 0.15) is 0 Å². The zero-order valence-corrected chi connectivity index (χ0v) is 46.0. The van der Waals surface area contributed by atoms with E-state index in [9.17, 15) is 0 Å². The van der Waals surface area contributed by atoms with Crippen LogP contribution in [-0.2, 0) is 0 Å². The van der Waals surface area contributed by atoms with E-state index in [4.69, 9.17) is 0 Å². The van der Waals surface area contributed by atoms with Crippen molar-refractivity contribution >= 4 is 118 Å². The fourth-order valence-corrected chi connectivity index (χ4v) is 20.6. The van der Waals surface area contributed by atoms with Crippen LogP contribution >= 0.6 is 118 Å². The summed E-state index contributed by atoms with van der Waals surface area (Å²) in [5, 5.41) is 9.70. The minimum Gasteiger partial charge on any atom is -0.118 e. The Bertz CT molecular complexity index is 1230. The lowest BCUT2D eigenvalue weighted by molar-refractivity contribution is 0.532. The Balaban J connectivity index is 0.898. The smallest absolute Gasteiger partial charge is 0.0705 e. The van der Waals surface area contributed by atoms with Crippen LogP contribution in [0.5, 0.6) is 0 Å². The molecule has 10 heteroatoms. The van der Waals surface area contributed by atoms with E-state index in [0.29, 0.717) is 0 Å². The van der Waals surface area contributed by atoms with Crippen molar-refractivity contribution in [1.29, 1.82) is 0 Å². The number of allylic oxidation sites excluding steroid dienone is 2. The van der Waals surface area contributed by atoms with Gasteiger partial charge < -0.3 is 0 Å². The van der Waals surface area contributed by atoms with Gasteiger partial charge in [-0.3, -0.25) is 0 Å².